The van der Waals surface area contributed by atoms with Crippen molar-refractivity contribution in [3.63, 3.8) is 0 Å². The first-order chi connectivity index (χ1) is 14.5. The van der Waals surface area contributed by atoms with Gasteiger partial charge in [-0.2, -0.15) is 5.10 Å². The van der Waals surface area contributed by atoms with Gasteiger partial charge < -0.3 is 15.0 Å². The second-order valence-electron chi connectivity index (χ2n) is 7.26. The van der Waals surface area contributed by atoms with Crippen molar-refractivity contribution in [1.82, 2.24) is 20.0 Å². The molecule has 3 aromatic rings. The Morgan fingerprint density at radius 3 is 2.60 bits per heavy atom. The van der Waals surface area contributed by atoms with Crippen molar-refractivity contribution in [3.05, 3.63) is 53.6 Å². The number of aryl methyl sites for hydroxylation is 2. The van der Waals surface area contributed by atoms with Gasteiger partial charge in [0, 0.05) is 24.8 Å². The Balaban J connectivity index is 1.38. The molecular weight excluding hydrogens is 387 g/mol. The summed E-state index contributed by atoms with van der Waals surface area (Å²) in [4.78, 5) is 14.5. The molecule has 0 saturated carbocycles. The normalized spacial score (nSPS) is 13.5. The maximum Gasteiger partial charge on any atom is 0.262 e. The Kier molecular flexibility index (Phi) is 5.60. The minimum atomic E-state index is -0.403. The molecule has 9 heteroatoms. The van der Waals surface area contributed by atoms with Crippen molar-refractivity contribution >= 4 is 17.3 Å². The monoisotopic (exact) mass is 410 g/mol. The van der Waals surface area contributed by atoms with Crippen molar-refractivity contribution in [2.75, 3.05) is 29.9 Å². The van der Waals surface area contributed by atoms with E-state index in [2.05, 4.69) is 25.5 Å². The largest absolute Gasteiger partial charge is 0.466 e. The van der Waals surface area contributed by atoms with E-state index in [1.807, 2.05) is 19.9 Å². The summed E-state index contributed by atoms with van der Waals surface area (Å²) < 4.78 is 20.8. The average molecular weight is 410 g/mol. The number of benzene rings is 1. The van der Waals surface area contributed by atoms with E-state index in [1.165, 1.54) is 12.1 Å². The molecular formula is C21H23FN6O2. The highest BCUT2D eigenvalue weighted by atomic mass is 19.1. The Morgan fingerprint density at radius 1 is 1.13 bits per heavy atom. The van der Waals surface area contributed by atoms with E-state index in [4.69, 9.17) is 4.74 Å². The fraction of sp³-hybridized carbons (Fsp3) is 0.333. The summed E-state index contributed by atoms with van der Waals surface area (Å²) in [6.07, 6.45) is 2.17. The highest BCUT2D eigenvalue weighted by Gasteiger charge is 2.18. The van der Waals surface area contributed by atoms with Gasteiger partial charge in [-0.15, -0.1) is 10.2 Å². The van der Waals surface area contributed by atoms with E-state index in [0.717, 1.165) is 43.0 Å². The molecule has 1 aliphatic heterocycles. The third-order valence-corrected chi connectivity index (χ3v) is 4.88. The number of hydrogen-bond donors (Lipinski definition) is 1. The van der Waals surface area contributed by atoms with E-state index in [0.29, 0.717) is 11.5 Å². The minimum absolute atomic E-state index is 0.217. The summed E-state index contributed by atoms with van der Waals surface area (Å²) in [5.74, 6) is -0.0212. The summed E-state index contributed by atoms with van der Waals surface area (Å²) in [5, 5.41) is 15.2. The zero-order valence-corrected chi connectivity index (χ0v) is 16.9. The molecule has 0 unspecified atom stereocenters. The van der Waals surface area contributed by atoms with E-state index in [-0.39, 0.29) is 12.5 Å². The number of aromatic nitrogens is 4. The lowest BCUT2D eigenvalue weighted by molar-refractivity contribution is -0.118. The fourth-order valence-electron chi connectivity index (χ4n) is 3.53. The molecule has 156 valence electrons. The third kappa shape index (κ3) is 4.40. The SMILES string of the molecule is Cc1cc(C)n(-c2ccc(OCC(=O)Nc3cc(F)ccc3N3CCCC3)nn2)n1. The van der Waals surface area contributed by atoms with Crippen LogP contribution in [0.1, 0.15) is 24.2 Å². The van der Waals surface area contributed by atoms with Crippen LogP contribution in [0, 0.1) is 19.7 Å². The first-order valence-electron chi connectivity index (χ1n) is 9.84. The van der Waals surface area contributed by atoms with Crippen molar-refractivity contribution in [3.8, 4) is 11.7 Å². The second kappa shape index (κ2) is 8.48. The summed E-state index contributed by atoms with van der Waals surface area (Å²) in [6, 6.07) is 9.72. The summed E-state index contributed by atoms with van der Waals surface area (Å²) in [7, 11) is 0. The molecule has 2 aromatic heterocycles. The molecule has 8 nitrogen and oxygen atoms in total. The van der Waals surface area contributed by atoms with Crippen LogP contribution in [-0.4, -0.2) is 45.6 Å². The van der Waals surface area contributed by atoms with Gasteiger partial charge in [-0.25, -0.2) is 9.07 Å². The molecule has 0 atom stereocenters. The zero-order chi connectivity index (χ0) is 21.1. The third-order valence-electron chi connectivity index (χ3n) is 4.88. The van der Waals surface area contributed by atoms with Gasteiger partial charge in [0.25, 0.3) is 5.91 Å². The smallest absolute Gasteiger partial charge is 0.262 e. The van der Waals surface area contributed by atoms with Crippen LogP contribution < -0.4 is 15.0 Å². The molecule has 1 amide bonds. The van der Waals surface area contributed by atoms with Gasteiger partial charge >= 0.3 is 0 Å². The van der Waals surface area contributed by atoms with Gasteiger partial charge in [0.2, 0.25) is 5.88 Å². The minimum Gasteiger partial charge on any atom is -0.466 e. The molecule has 0 radical (unpaired) electrons. The van der Waals surface area contributed by atoms with Crippen LogP contribution in [0.5, 0.6) is 5.88 Å². The number of ether oxygens (including phenoxy) is 1. The van der Waals surface area contributed by atoms with Crippen LogP contribution in [0.3, 0.4) is 0 Å². The number of nitrogens with one attached hydrogen (secondary N) is 1. The van der Waals surface area contributed by atoms with E-state index < -0.39 is 11.7 Å². The lowest BCUT2D eigenvalue weighted by Gasteiger charge is -2.21. The molecule has 1 fully saturated rings. The maximum absolute atomic E-state index is 13.7. The molecule has 30 heavy (non-hydrogen) atoms. The Bertz CT molecular complexity index is 1040. The predicted octanol–water partition coefficient (Wildman–Crippen LogP) is 3.04. The highest BCUT2D eigenvalue weighted by molar-refractivity contribution is 5.95. The van der Waals surface area contributed by atoms with Crippen molar-refractivity contribution in [2.24, 2.45) is 0 Å². The quantitative estimate of drug-likeness (QED) is 0.672. The van der Waals surface area contributed by atoms with Crippen LogP contribution in [0.15, 0.2) is 36.4 Å². The van der Waals surface area contributed by atoms with Gasteiger partial charge in [0.15, 0.2) is 12.4 Å². The number of hydrogen-bond acceptors (Lipinski definition) is 6. The molecule has 0 bridgehead atoms. The van der Waals surface area contributed by atoms with Crippen molar-refractivity contribution in [2.45, 2.75) is 26.7 Å². The first kappa shape index (κ1) is 19.8. The van der Waals surface area contributed by atoms with E-state index in [1.54, 1.807) is 22.9 Å². The molecule has 1 aliphatic rings. The van der Waals surface area contributed by atoms with Gasteiger partial charge in [-0.05, 0) is 57.0 Å². The number of amides is 1. The Labute approximate surface area is 173 Å². The van der Waals surface area contributed by atoms with Gasteiger partial charge in [0.05, 0.1) is 17.1 Å². The fourth-order valence-corrected chi connectivity index (χ4v) is 3.53. The van der Waals surface area contributed by atoms with Gasteiger partial charge in [-0.3, -0.25) is 4.79 Å². The van der Waals surface area contributed by atoms with E-state index >= 15 is 0 Å². The Hall–Kier alpha value is -3.49. The summed E-state index contributed by atoms with van der Waals surface area (Å²) in [6.45, 7) is 5.36. The van der Waals surface area contributed by atoms with Crippen LogP contribution in [0.4, 0.5) is 15.8 Å². The molecule has 0 aliphatic carbocycles. The highest BCUT2D eigenvalue weighted by Crippen LogP contribution is 2.29. The first-order valence-corrected chi connectivity index (χ1v) is 9.84. The van der Waals surface area contributed by atoms with Crippen LogP contribution in [-0.2, 0) is 4.79 Å². The Morgan fingerprint density at radius 2 is 1.93 bits per heavy atom. The van der Waals surface area contributed by atoms with Crippen LogP contribution in [0.25, 0.3) is 5.82 Å². The maximum atomic E-state index is 13.7. The topological polar surface area (TPSA) is 85.2 Å². The average Bonchev–Trinajstić information content (AvgIpc) is 3.36. The number of nitrogens with zero attached hydrogens (tertiary/aromatic N) is 5. The number of rotatable bonds is 6. The van der Waals surface area contributed by atoms with Gasteiger partial charge in [-0.1, -0.05) is 0 Å². The van der Waals surface area contributed by atoms with Crippen molar-refractivity contribution in [1.29, 1.82) is 0 Å². The number of halogens is 1. The van der Waals surface area contributed by atoms with E-state index in [9.17, 15) is 9.18 Å². The molecule has 4 rings (SSSR count). The lowest BCUT2D eigenvalue weighted by Crippen LogP contribution is -2.24. The number of anilines is 2. The summed E-state index contributed by atoms with van der Waals surface area (Å²) >= 11 is 0. The van der Waals surface area contributed by atoms with Crippen LogP contribution >= 0.6 is 0 Å². The van der Waals surface area contributed by atoms with Crippen molar-refractivity contribution < 1.29 is 13.9 Å². The zero-order valence-electron chi connectivity index (χ0n) is 16.9. The number of carbonyl (C=O) groups is 1. The molecule has 1 N–H and O–H groups in total. The molecule has 1 aromatic carbocycles. The molecule has 0 spiro atoms. The number of carbonyl (C=O) groups excluding carboxylic acids is 1. The van der Waals surface area contributed by atoms with Gasteiger partial charge in [0.1, 0.15) is 5.82 Å². The second-order valence-corrected chi connectivity index (χ2v) is 7.26. The van der Waals surface area contributed by atoms with Crippen LogP contribution in [0.2, 0.25) is 0 Å². The summed E-state index contributed by atoms with van der Waals surface area (Å²) in [5.41, 5.74) is 3.09. The lowest BCUT2D eigenvalue weighted by atomic mass is 10.2. The standard InChI is InChI=1S/C21H23FN6O2/c1-14-11-15(2)28(26-14)19-7-8-21(25-24-19)30-13-20(29)23-17-12-16(22)5-6-18(17)27-9-3-4-10-27/h5-8,11-12H,3-4,9-10,13H2,1-2H3,(H,23,29). The molecule has 1 saturated heterocycles. The predicted molar refractivity (Wildman–Crippen MR) is 111 cm³/mol. The molecule has 3 heterocycles.